The summed E-state index contributed by atoms with van der Waals surface area (Å²) >= 11 is 0. The van der Waals surface area contributed by atoms with E-state index in [9.17, 15) is 13.2 Å². The normalized spacial score (nSPS) is 12.0. The van der Waals surface area contributed by atoms with Crippen molar-refractivity contribution in [3.8, 4) is 5.75 Å². The van der Waals surface area contributed by atoms with E-state index >= 15 is 0 Å². The molecule has 0 atom stereocenters. The second kappa shape index (κ2) is 3.15. The van der Waals surface area contributed by atoms with Crippen molar-refractivity contribution in [3.05, 3.63) is 23.9 Å². The summed E-state index contributed by atoms with van der Waals surface area (Å²) in [6.45, 7) is 0. The predicted molar refractivity (Wildman–Crippen MR) is 47.6 cm³/mol. The van der Waals surface area contributed by atoms with Gasteiger partial charge in [-0.2, -0.15) is 18.3 Å². The third-order valence-electron chi connectivity index (χ3n) is 2.07. The first-order chi connectivity index (χ1) is 7.02. The van der Waals surface area contributed by atoms with E-state index in [1.165, 1.54) is 19.4 Å². The second-order valence-electron chi connectivity index (χ2n) is 3.01. The largest absolute Gasteiger partial charge is 0.496 e. The number of ether oxygens (including phenoxy) is 1. The Balaban J connectivity index is 2.70. The lowest BCUT2D eigenvalue weighted by Gasteiger charge is -2.11. The van der Waals surface area contributed by atoms with E-state index < -0.39 is 11.7 Å². The van der Waals surface area contributed by atoms with Gasteiger partial charge in [-0.25, -0.2) is 0 Å². The highest BCUT2D eigenvalue weighted by atomic mass is 19.4. The Morgan fingerprint density at radius 3 is 2.67 bits per heavy atom. The van der Waals surface area contributed by atoms with Gasteiger partial charge in [-0.15, -0.1) is 0 Å². The van der Waals surface area contributed by atoms with E-state index in [0.29, 0.717) is 10.9 Å². The molecule has 2 rings (SSSR count). The number of alkyl halides is 3. The fourth-order valence-corrected chi connectivity index (χ4v) is 1.36. The number of aromatic amines is 1. The van der Waals surface area contributed by atoms with E-state index in [1.54, 1.807) is 0 Å². The Hall–Kier alpha value is -1.72. The van der Waals surface area contributed by atoms with Gasteiger partial charge in [-0.1, -0.05) is 0 Å². The molecule has 2 aromatic rings. The van der Waals surface area contributed by atoms with Crippen LogP contribution in [0.2, 0.25) is 0 Å². The molecule has 0 unspecified atom stereocenters. The number of nitrogens with zero attached hydrogens (tertiary/aromatic N) is 1. The molecular formula is C9H7F3N2O. The highest BCUT2D eigenvalue weighted by molar-refractivity contribution is 5.81. The molecule has 1 aromatic heterocycles. The SMILES string of the molecule is COc1cc2[nH]ncc2cc1C(F)(F)F. The molecule has 0 bridgehead atoms. The lowest BCUT2D eigenvalue weighted by atomic mass is 10.1. The van der Waals surface area contributed by atoms with Crippen molar-refractivity contribution in [2.75, 3.05) is 7.11 Å². The van der Waals surface area contributed by atoms with Gasteiger partial charge < -0.3 is 4.74 Å². The van der Waals surface area contributed by atoms with Gasteiger partial charge in [0.25, 0.3) is 0 Å². The number of rotatable bonds is 1. The number of fused-ring (bicyclic) bond motifs is 1. The summed E-state index contributed by atoms with van der Waals surface area (Å²) < 4.78 is 42.4. The summed E-state index contributed by atoms with van der Waals surface area (Å²) in [6, 6.07) is 2.29. The van der Waals surface area contributed by atoms with Crippen LogP contribution in [0.25, 0.3) is 10.9 Å². The number of hydrogen-bond donors (Lipinski definition) is 1. The smallest absolute Gasteiger partial charge is 0.419 e. The van der Waals surface area contributed by atoms with Gasteiger partial charge >= 0.3 is 6.18 Å². The third-order valence-corrected chi connectivity index (χ3v) is 2.07. The maximum atomic E-state index is 12.6. The van der Waals surface area contributed by atoms with Gasteiger partial charge in [0.1, 0.15) is 5.75 Å². The minimum absolute atomic E-state index is 0.209. The summed E-state index contributed by atoms with van der Waals surface area (Å²) in [7, 11) is 1.20. The maximum absolute atomic E-state index is 12.6. The summed E-state index contributed by atoms with van der Waals surface area (Å²) in [4.78, 5) is 0. The summed E-state index contributed by atoms with van der Waals surface area (Å²) in [5.41, 5.74) is -0.279. The minimum atomic E-state index is -4.42. The van der Waals surface area contributed by atoms with Crippen molar-refractivity contribution in [1.82, 2.24) is 10.2 Å². The van der Waals surface area contributed by atoms with Crippen LogP contribution in [0.4, 0.5) is 13.2 Å². The van der Waals surface area contributed by atoms with Crippen LogP contribution >= 0.6 is 0 Å². The van der Waals surface area contributed by atoms with Crippen LogP contribution in [0, 0.1) is 0 Å². The molecule has 0 amide bonds. The average molecular weight is 216 g/mol. The summed E-state index contributed by atoms with van der Waals surface area (Å²) in [5, 5.41) is 6.63. The number of aromatic nitrogens is 2. The highest BCUT2D eigenvalue weighted by Gasteiger charge is 2.34. The number of hydrogen-bond acceptors (Lipinski definition) is 2. The zero-order valence-corrected chi connectivity index (χ0v) is 7.72. The zero-order valence-electron chi connectivity index (χ0n) is 7.72. The van der Waals surface area contributed by atoms with Crippen LogP contribution in [0.3, 0.4) is 0 Å². The summed E-state index contributed by atoms with van der Waals surface area (Å²) in [5.74, 6) is -0.209. The fraction of sp³-hybridized carbons (Fsp3) is 0.222. The van der Waals surface area contributed by atoms with Crippen molar-refractivity contribution in [3.63, 3.8) is 0 Å². The monoisotopic (exact) mass is 216 g/mol. The Morgan fingerprint density at radius 2 is 2.07 bits per heavy atom. The number of halogens is 3. The first-order valence-corrected chi connectivity index (χ1v) is 4.10. The van der Waals surface area contributed by atoms with Gasteiger partial charge in [-0.3, -0.25) is 5.10 Å². The number of H-pyrrole nitrogens is 1. The molecule has 1 N–H and O–H groups in total. The molecule has 0 radical (unpaired) electrons. The molecule has 0 aliphatic heterocycles. The van der Waals surface area contributed by atoms with Crippen molar-refractivity contribution in [1.29, 1.82) is 0 Å². The molecule has 1 aromatic carbocycles. The lowest BCUT2D eigenvalue weighted by Crippen LogP contribution is -2.07. The second-order valence-corrected chi connectivity index (χ2v) is 3.01. The van der Waals surface area contributed by atoms with E-state index in [-0.39, 0.29) is 5.75 Å². The minimum Gasteiger partial charge on any atom is -0.496 e. The standard InChI is InChI=1S/C9H7F3N2O/c1-15-8-3-7-5(4-13-14-7)2-6(8)9(10,11)12/h2-4H,1H3,(H,13,14). The number of methoxy groups -OCH3 is 1. The predicted octanol–water partition coefficient (Wildman–Crippen LogP) is 2.59. The molecule has 6 heteroatoms. The van der Waals surface area contributed by atoms with Crippen LogP contribution in [-0.2, 0) is 6.18 Å². The molecule has 0 saturated carbocycles. The van der Waals surface area contributed by atoms with Gasteiger partial charge in [0, 0.05) is 11.5 Å². The van der Waals surface area contributed by atoms with Gasteiger partial charge in [0.15, 0.2) is 0 Å². The van der Waals surface area contributed by atoms with Gasteiger partial charge in [-0.05, 0) is 6.07 Å². The quantitative estimate of drug-likeness (QED) is 0.795. The van der Waals surface area contributed by atoms with E-state index in [0.717, 1.165) is 6.07 Å². The van der Waals surface area contributed by atoms with E-state index in [2.05, 4.69) is 14.9 Å². The molecule has 0 fully saturated rings. The van der Waals surface area contributed by atoms with E-state index in [4.69, 9.17) is 0 Å². The molecule has 0 aliphatic carbocycles. The lowest BCUT2D eigenvalue weighted by molar-refractivity contribution is -0.138. The van der Waals surface area contributed by atoms with Crippen molar-refractivity contribution in [2.45, 2.75) is 6.18 Å². The molecule has 80 valence electrons. The molecule has 0 saturated heterocycles. The molecular weight excluding hydrogens is 209 g/mol. The fourth-order valence-electron chi connectivity index (χ4n) is 1.36. The molecule has 0 aliphatic rings. The molecule has 0 spiro atoms. The van der Waals surface area contributed by atoms with Crippen LogP contribution < -0.4 is 4.74 Å². The Bertz CT molecular complexity index is 490. The molecule has 3 nitrogen and oxygen atoms in total. The number of nitrogens with one attached hydrogen (secondary N) is 1. The molecule has 15 heavy (non-hydrogen) atoms. The van der Waals surface area contributed by atoms with Crippen LogP contribution in [0.1, 0.15) is 5.56 Å². The topological polar surface area (TPSA) is 37.9 Å². The van der Waals surface area contributed by atoms with Crippen molar-refractivity contribution >= 4 is 10.9 Å². The van der Waals surface area contributed by atoms with Crippen LogP contribution in [0.15, 0.2) is 18.3 Å². The highest BCUT2D eigenvalue weighted by Crippen LogP contribution is 2.38. The Labute approximate surface area is 82.9 Å². The van der Waals surface area contributed by atoms with Crippen LogP contribution in [-0.4, -0.2) is 17.3 Å². The Kier molecular flexibility index (Phi) is 2.06. The van der Waals surface area contributed by atoms with Gasteiger partial charge in [0.2, 0.25) is 0 Å². The van der Waals surface area contributed by atoms with E-state index in [1.807, 2.05) is 0 Å². The van der Waals surface area contributed by atoms with Crippen molar-refractivity contribution < 1.29 is 17.9 Å². The first-order valence-electron chi connectivity index (χ1n) is 4.10. The van der Waals surface area contributed by atoms with Gasteiger partial charge in [0.05, 0.1) is 24.4 Å². The summed E-state index contributed by atoms with van der Waals surface area (Å²) in [6.07, 6.45) is -3.08. The molecule has 1 heterocycles. The van der Waals surface area contributed by atoms with Crippen LogP contribution in [0.5, 0.6) is 5.75 Å². The first kappa shape index (κ1) is 9.82. The third kappa shape index (κ3) is 1.62. The van der Waals surface area contributed by atoms with Crippen molar-refractivity contribution in [2.24, 2.45) is 0 Å². The Morgan fingerprint density at radius 1 is 1.33 bits per heavy atom. The maximum Gasteiger partial charge on any atom is 0.419 e. The average Bonchev–Trinajstić information content (AvgIpc) is 2.60. The zero-order chi connectivity index (χ0) is 11.1. The number of benzene rings is 1.